The first-order chi connectivity index (χ1) is 14.1. The second-order valence-electron chi connectivity index (χ2n) is 7.05. The van der Waals surface area contributed by atoms with Crippen LogP contribution < -0.4 is 4.90 Å². The first-order valence-electron chi connectivity index (χ1n) is 9.63. The van der Waals surface area contributed by atoms with E-state index in [0.717, 1.165) is 11.3 Å². The molecule has 1 saturated heterocycles. The predicted molar refractivity (Wildman–Crippen MR) is 109 cm³/mol. The molecule has 1 aliphatic rings. The molecule has 29 heavy (non-hydrogen) atoms. The molecule has 0 spiro atoms. The van der Waals surface area contributed by atoms with Crippen LogP contribution in [0.4, 0.5) is 10.3 Å². The number of nitrogens with zero attached hydrogens (tertiary/aromatic N) is 5. The monoisotopic (exact) mass is 391 g/mol. The molecule has 0 bridgehead atoms. The Bertz CT molecular complexity index is 1000. The minimum Gasteiger partial charge on any atom is -0.339 e. The molecule has 6 nitrogen and oxygen atoms in total. The van der Waals surface area contributed by atoms with E-state index in [2.05, 4.69) is 15.0 Å². The van der Waals surface area contributed by atoms with Crippen molar-refractivity contribution in [1.82, 2.24) is 19.9 Å². The number of hydrogen-bond acceptors (Lipinski definition) is 5. The number of benzene rings is 1. The summed E-state index contributed by atoms with van der Waals surface area (Å²) in [7, 11) is 0. The third kappa shape index (κ3) is 4.23. The van der Waals surface area contributed by atoms with Gasteiger partial charge in [0, 0.05) is 49.8 Å². The average Bonchev–Trinajstić information content (AvgIpc) is 2.75. The number of pyridine rings is 1. The standard InChI is InChI=1S/C22H22FN5O/c1-16-15-25-22(26-21(16)18-7-2-3-8-19(18)23)28-12-10-27(11-13-28)20(29)14-17-6-4-5-9-24-17/h2-9,15H,10-14H2,1H3. The lowest BCUT2D eigenvalue weighted by atomic mass is 10.1. The van der Waals surface area contributed by atoms with E-state index < -0.39 is 0 Å². The van der Waals surface area contributed by atoms with Crippen molar-refractivity contribution in [3.05, 3.63) is 71.9 Å². The van der Waals surface area contributed by atoms with E-state index >= 15 is 0 Å². The van der Waals surface area contributed by atoms with Crippen molar-refractivity contribution < 1.29 is 9.18 Å². The zero-order chi connectivity index (χ0) is 20.2. The first-order valence-corrected chi connectivity index (χ1v) is 9.63. The van der Waals surface area contributed by atoms with E-state index in [-0.39, 0.29) is 11.7 Å². The highest BCUT2D eigenvalue weighted by atomic mass is 19.1. The van der Waals surface area contributed by atoms with Gasteiger partial charge in [0.2, 0.25) is 11.9 Å². The summed E-state index contributed by atoms with van der Waals surface area (Å²) in [5.74, 6) is 0.330. The maximum atomic E-state index is 14.2. The highest BCUT2D eigenvalue weighted by molar-refractivity contribution is 5.78. The summed E-state index contributed by atoms with van der Waals surface area (Å²) in [5.41, 5.74) is 2.67. The summed E-state index contributed by atoms with van der Waals surface area (Å²) in [4.78, 5) is 29.7. The van der Waals surface area contributed by atoms with Crippen molar-refractivity contribution in [2.75, 3.05) is 31.1 Å². The molecule has 3 aromatic rings. The minimum absolute atomic E-state index is 0.0696. The van der Waals surface area contributed by atoms with Crippen molar-refractivity contribution in [2.45, 2.75) is 13.3 Å². The Hall–Kier alpha value is -3.35. The van der Waals surface area contributed by atoms with Crippen LogP contribution in [0.2, 0.25) is 0 Å². The highest BCUT2D eigenvalue weighted by Crippen LogP contribution is 2.25. The smallest absolute Gasteiger partial charge is 0.228 e. The molecule has 148 valence electrons. The average molecular weight is 391 g/mol. The van der Waals surface area contributed by atoms with E-state index in [4.69, 9.17) is 0 Å². The van der Waals surface area contributed by atoms with E-state index in [1.54, 1.807) is 30.6 Å². The zero-order valence-electron chi connectivity index (χ0n) is 16.3. The van der Waals surface area contributed by atoms with Gasteiger partial charge in [0.15, 0.2) is 0 Å². The Morgan fingerprint density at radius 1 is 1.03 bits per heavy atom. The topological polar surface area (TPSA) is 62.2 Å². The number of rotatable bonds is 4. The summed E-state index contributed by atoms with van der Waals surface area (Å²) in [6, 6.07) is 12.2. The first kappa shape index (κ1) is 19.0. The molecule has 0 saturated carbocycles. The summed E-state index contributed by atoms with van der Waals surface area (Å²) in [5, 5.41) is 0. The highest BCUT2D eigenvalue weighted by Gasteiger charge is 2.23. The molecule has 1 aliphatic heterocycles. The number of aryl methyl sites for hydroxylation is 1. The molecule has 0 atom stereocenters. The van der Waals surface area contributed by atoms with Gasteiger partial charge in [-0.3, -0.25) is 9.78 Å². The van der Waals surface area contributed by atoms with E-state index in [0.29, 0.717) is 49.8 Å². The largest absolute Gasteiger partial charge is 0.339 e. The molecule has 3 heterocycles. The molecule has 1 amide bonds. The molecule has 4 rings (SSSR count). The number of piperazine rings is 1. The number of carbonyl (C=O) groups excluding carboxylic acids is 1. The summed E-state index contributed by atoms with van der Waals surface area (Å²) >= 11 is 0. The number of aromatic nitrogens is 3. The van der Waals surface area contributed by atoms with Crippen LogP contribution in [0.25, 0.3) is 11.3 Å². The van der Waals surface area contributed by atoms with Crippen molar-refractivity contribution in [3.8, 4) is 11.3 Å². The normalized spacial score (nSPS) is 14.1. The van der Waals surface area contributed by atoms with E-state index in [1.807, 2.05) is 34.9 Å². The Balaban J connectivity index is 1.44. The van der Waals surface area contributed by atoms with Crippen LogP contribution in [0, 0.1) is 12.7 Å². The summed E-state index contributed by atoms with van der Waals surface area (Å²) in [6.45, 7) is 4.33. The SMILES string of the molecule is Cc1cnc(N2CCN(C(=O)Cc3ccccn3)CC2)nc1-c1ccccc1F. The van der Waals surface area contributed by atoms with Crippen LogP contribution in [0.5, 0.6) is 0 Å². The van der Waals surface area contributed by atoms with Gasteiger partial charge < -0.3 is 9.80 Å². The second kappa shape index (κ2) is 8.34. The van der Waals surface area contributed by atoms with Crippen LogP contribution >= 0.6 is 0 Å². The molecule has 7 heteroatoms. The van der Waals surface area contributed by atoms with Crippen LogP contribution in [0.3, 0.4) is 0 Å². The third-order valence-electron chi connectivity index (χ3n) is 5.06. The molecule has 0 N–H and O–H groups in total. The van der Waals surface area contributed by atoms with Crippen molar-refractivity contribution in [2.24, 2.45) is 0 Å². The number of halogens is 1. The molecule has 0 aliphatic carbocycles. The van der Waals surface area contributed by atoms with Gasteiger partial charge in [0.25, 0.3) is 0 Å². The van der Waals surface area contributed by atoms with Crippen molar-refractivity contribution >= 4 is 11.9 Å². The fraction of sp³-hybridized carbons (Fsp3) is 0.273. The van der Waals surface area contributed by atoms with Gasteiger partial charge >= 0.3 is 0 Å². The van der Waals surface area contributed by atoms with Gasteiger partial charge in [-0.25, -0.2) is 14.4 Å². The molecular formula is C22H22FN5O. The number of hydrogen-bond donors (Lipinski definition) is 0. The summed E-state index contributed by atoms with van der Waals surface area (Å²) < 4.78 is 14.2. The van der Waals surface area contributed by atoms with Crippen molar-refractivity contribution in [1.29, 1.82) is 0 Å². The van der Waals surface area contributed by atoms with Gasteiger partial charge in [-0.1, -0.05) is 18.2 Å². The van der Waals surface area contributed by atoms with Crippen LogP contribution in [-0.4, -0.2) is 51.9 Å². The molecule has 0 unspecified atom stereocenters. The molecule has 2 aromatic heterocycles. The fourth-order valence-corrected chi connectivity index (χ4v) is 3.44. The van der Waals surface area contributed by atoms with Gasteiger partial charge in [-0.2, -0.15) is 0 Å². The molecule has 1 fully saturated rings. The maximum Gasteiger partial charge on any atom is 0.228 e. The molecule has 1 aromatic carbocycles. The predicted octanol–water partition coefficient (Wildman–Crippen LogP) is 2.88. The Morgan fingerprint density at radius 3 is 2.52 bits per heavy atom. The lowest BCUT2D eigenvalue weighted by molar-refractivity contribution is -0.130. The van der Waals surface area contributed by atoms with Crippen molar-refractivity contribution in [3.63, 3.8) is 0 Å². The molecule has 0 radical (unpaired) electrons. The van der Waals surface area contributed by atoms with Gasteiger partial charge in [-0.05, 0) is 36.8 Å². The lowest BCUT2D eigenvalue weighted by Crippen LogP contribution is -2.49. The van der Waals surface area contributed by atoms with Gasteiger partial charge in [0.1, 0.15) is 5.82 Å². The fourth-order valence-electron chi connectivity index (χ4n) is 3.44. The second-order valence-corrected chi connectivity index (χ2v) is 7.05. The van der Waals surface area contributed by atoms with Crippen LogP contribution in [0.15, 0.2) is 54.9 Å². The van der Waals surface area contributed by atoms with Gasteiger partial charge in [0.05, 0.1) is 12.1 Å². The van der Waals surface area contributed by atoms with E-state index in [9.17, 15) is 9.18 Å². The van der Waals surface area contributed by atoms with Gasteiger partial charge in [-0.15, -0.1) is 0 Å². The number of anilines is 1. The maximum absolute atomic E-state index is 14.2. The van der Waals surface area contributed by atoms with E-state index in [1.165, 1.54) is 6.07 Å². The Kier molecular flexibility index (Phi) is 5.46. The minimum atomic E-state index is -0.301. The quantitative estimate of drug-likeness (QED) is 0.684. The Labute approximate surface area is 169 Å². The number of amides is 1. The third-order valence-corrected chi connectivity index (χ3v) is 5.06. The van der Waals surface area contributed by atoms with Crippen LogP contribution in [-0.2, 0) is 11.2 Å². The summed E-state index contributed by atoms with van der Waals surface area (Å²) in [6.07, 6.45) is 3.73. The number of carbonyl (C=O) groups is 1. The van der Waals surface area contributed by atoms with Crippen LogP contribution in [0.1, 0.15) is 11.3 Å². The molecular weight excluding hydrogens is 369 g/mol. The Morgan fingerprint density at radius 2 is 1.79 bits per heavy atom. The zero-order valence-corrected chi connectivity index (χ0v) is 16.3. The lowest BCUT2D eigenvalue weighted by Gasteiger charge is -2.35.